The van der Waals surface area contributed by atoms with Gasteiger partial charge in [-0.25, -0.2) is 9.59 Å². The molecule has 3 unspecified atom stereocenters. The van der Waals surface area contributed by atoms with Crippen LogP contribution in [-0.4, -0.2) is 76.1 Å². The molecule has 0 aromatic heterocycles. The molecule has 2 bridgehead atoms. The molecule has 0 radical (unpaired) electrons. The van der Waals surface area contributed by atoms with Gasteiger partial charge in [0.05, 0.1) is 23.5 Å². The predicted octanol–water partition coefficient (Wildman–Crippen LogP) is 4.99. The van der Waals surface area contributed by atoms with Crippen molar-refractivity contribution in [2.75, 3.05) is 26.2 Å². The van der Waals surface area contributed by atoms with Crippen LogP contribution in [0.5, 0.6) is 0 Å². The number of benzene rings is 1. The molecule has 1 saturated heterocycles. The van der Waals surface area contributed by atoms with E-state index in [0.29, 0.717) is 37.0 Å². The van der Waals surface area contributed by atoms with Crippen molar-refractivity contribution in [2.45, 2.75) is 82.7 Å². The molecule has 0 spiro atoms. The molecule has 3 saturated carbocycles. The van der Waals surface area contributed by atoms with Crippen molar-refractivity contribution >= 4 is 41.0 Å². The van der Waals surface area contributed by atoms with Gasteiger partial charge in [0.2, 0.25) is 5.91 Å². The Morgan fingerprint density at radius 2 is 1.47 bits per heavy atom. The lowest BCUT2D eigenvalue weighted by molar-refractivity contribution is -0.133. The Bertz CT molecular complexity index is 1280. The number of fused-ring (bicyclic) bond motifs is 7. The van der Waals surface area contributed by atoms with Gasteiger partial charge in [-0.3, -0.25) is 9.69 Å². The van der Waals surface area contributed by atoms with Crippen LogP contribution in [0.15, 0.2) is 40.7 Å². The maximum atomic E-state index is 13.6. The van der Waals surface area contributed by atoms with Crippen molar-refractivity contribution in [3.63, 3.8) is 0 Å². The van der Waals surface area contributed by atoms with E-state index in [9.17, 15) is 24.6 Å². The molecule has 2 aliphatic heterocycles. The number of dihydropyridines is 1. The number of amides is 1. The van der Waals surface area contributed by atoms with Crippen LogP contribution in [0.4, 0.5) is 0 Å². The standard InChI is InChI=1S/C32H42Cl2N4O5/c1-18-27(31(40)41)30(28-23(33)7-4-8-24(28)34)29(32(42)43)25(36-18)17-26(39)38-11-9-37(10-12-38)22-15-19-5-2-3-6-20(16-22)14-21(35)13-19/h4,7-8,19-22,30,36H,2-3,5-6,9-17,35H2,1H3,(H,40,41)(H,42,43). The SMILES string of the molecule is CC1=C(C(=O)O)C(c2c(Cl)cccc2Cl)C(C(=O)O)=C(CC(=O)N2CCN(C3CC4CCCCC(CC(N)C4)C3)CC2)N1. The van der Waals surface area contributed by atoms with Gasteiger partial charge in [-0.1, -0.05) is 55.0 Å². The fourth-order valence-electron chi connectivity index (χ4n) is 7.89. The Morgan fingerprint density at radius 1 is 0.907 bits per heavy atom. The molecule has 1 aromatic carbocycles. The lowest BCUT2D eigenvalue weighted by Gasteiger charge is -2.43. The van der Waals surface area contributed by atoms with E-state index in [1.54, 1.807) is 30.0 Å². The summed E-state index contributed by atoms with van der Waals surface area (Å²) in [5.74, 6) is -2.75. The van der Waals surface area contributed by atoms with Gasteiger partial charge in [0.1, 0.15) is 0 Å². The van der Waals surface area contributed by atoms with Gasteiger partial charge < -0.3 is 26.2 Å². The topological polar surface area (TPSA) is 136 Å². The van der Waals surface area contributed by atoms with Crippen molar-refractivity contribution < 1.29 is 24.6 Å². The van der Waals surface area contributed by atoms with Crippen LogP contribution < -0.4 is 11.1 Å². The first kappa shape index (κ1) is 31.8. The molecular formula is C32H42Cl2N4O5. The van der Waals surface area contributed by atoms with E-state index in [1.165, 1.54) is 38.5 Å². The molecular weight excluding hydrogens is 591 g/mol. The zero-order valence-corrected chi connectivity index (χ0v) is 26.2. The second kappa shape index (κ2) is 13.6. The summed E-state index contributed by atoms with van der Waals surface area (Å²) < 4.78 is 0. The number of carboxylic acids is 2. The number of piperazine rings is 1. The Morgan fingerprint density at radius 3 is 2.00 bits per heavy atom. The van der Waals surface area contributed by atoms with Gasteiger partial charge in [-0.2, -0.15) is 0 Å². The fourth-order valence-corrected chi connectivity index (χ4v) is 8.51. The predicted molar refractivity (Wildman–Crippen MR) is 166 cm³/mol. The molecule has 1 amide bonds. The highest BCUT2D eigenvalue weighted by Gasteiger charge is 2.41. The Balaban J connectivity index is 1.33. The maximum Gasteiger partial charge on any atom is 0.334 e. The minimum atomic E-state index is -1.34. The number of hydrogen-bond acceptors (Lipinski definition) is 6. The largest absolute Gasteiger partial charge is 0.478 e. The quantitative estimate of drug-likeness (QED) is 0.344. The average Bonchev–Trinajstić information content (AvgIpc) is 3.08. The van der Waals surface area contributed by atoms with Gasteiger partial charge >= 0.3 is 11.9 Å². The van der Waals surface area contributed by atoms with E-state index in [4.69, 9.17) is 28.9 Å². The van der Waals surface area contributed by atoms with Crippen molar-refractivity contribution in [1.82, 2.24) is 15.1 Å². The van der Waals surface area contributed by atoms with Gasteiger partial charge in [0.25, 0.3) is 0 Å². The third-order valence-corrected chi connectivity index (χ3v) is 10.5. The second-order valence-electron chi connectivity index (χ2n) is 12.7. The Hall–Kier alpha value is -2.59. The molecule has 5 N–H and O–H groups in total. The summed E-state index contributed by atoms with van der Waals surface area (Å²) in [5.41, 5.74) is 6.68. The Labute approximate surface area is 263 Å². The molecule has 1 aromatic rings. The van der Waals surface area contributed by atoms with Gasteiger partial charge in [0.15, 0.2) is 0 Å². The summed E-state index contributed by atoms with van der Waals surface area (Å²) in [7, 11) is 0. The van der Waals surface area contributed by atoms with E-state index >= 15 is 0 Å². The first-order chi connectivity index (χ1) is 20.5. The molecule has 2 heterocycles. The molecule has 11 heteroatoms. The molecule has 43 heavy (non-hydrogen) atoms. The number of nitrogens with one attached hydrogen (secondary N) is 1. The molecule has 3 atom stereocenters. The van der Waals surface area contributed by atoms with Crippen molar-refractivity contribution in [3.8, 4) is 0 Å². The number of aliphatic carboxylic acids is 2. The minimum Gasteiger partial charge on any atom is -0.478 e. The van der Waals surface area contributed by atoms with Crippen LogP contribution in [-0.2, 0) is 14.4 Å². The van der Waals surface area contributed by atoms with Gasteiger partial charge in [-0.15, -0.1) is 0 Å². The highest BCUT2D eigenvalue weighted by molar-refractivity contribution is 6.36. The number of halogens is 2. The molecule has 3 aliphatic carbocycles. The smallest absolute Gasteiger partial charge is 0.334 e. The van der Waals surface area contributed by atoms with E-state index in [1.807, 2.05) is 0 Å². The number of carbonyl (C=O) groups excluding carboxylic acids is 1. The number of allylic oxidation sites excluding steroid dienone is 1. The minimum absolute atomic E-state index is 0.155. The van der Waals surface area contributed by atoms with Crippen molar-refractivity contribution in [2.24, 2.45) is 17.6 Å². The number of nitrogens with two attached hydrogens (primary N) is 1. The van der Waals surface area contributed by atoms with Crippen LogP contribution in [0.3, 0.4) is 0 Å². The Kier molecular flexibility index (Phi) is 10.1. The maximum absolute atomic E-state index is 13.6. The summed E-state index contributed by atoms with van der Waals surface area (Å²) >= 11 is 12.9. The monoisotopic (exact) mass is 632 g/mol. The highest BCUT2D eigenvalue weighted by Crippen LogP contribution is 2.44. The van der Waals surface area contributed by atoms with E-state index < -0.39 is 17.9 Å². The zero-order chi connectivity index (χ0) is 30.8. The van der Waals surface area contributed by atoms with Crippen LogP contribution in [0.1, 0.15) is 76.2 Å². The summed E-state index contributed by atoms with van der Waals surface area (Å²) in [4.78, 5) is 42.9. The summed E-state index contributed by atoms with van der Waals surface area (Å²) in [6, 6.07) is 5.51. The molecule has 6 rings (SSSR count). The molecule has 234 valence electrons. The molecule has 4 fully saturated rings. The first-order valence-electron chi connectivity index (χ1n) is 15.4. The van der Waals surface area contributed by atoms with E-state index in [0.717, 1.165) is 25.9 Å². The number of carboxylic acid groups (broad SMARTS) is 2. The summed E-state index contributed by atoms with van der Waals surface area (Å²) in [5, 5.41) is 23.6. The highest BCUT2D eigenvalue weighted by atomic mass is 35.5. The van der Waals surface area contributed by atoms with Crippen LogP contribution >= 0.6 is 23.2 Å². The second-order valence-corrected chi connectivity index (χ2v) is 13.5. The normalized spacial score (nSPS) is 28.9. The van der Waals surface area contributed by atoms with Gasteiger partial charge in [0, 0.05) is 65.3 Å². The molecule has 9 nitrogen and oxygen atoms in total. The molecule has 5 aliphatic rings. The average molecular weight is 634 g/mol. The summed E-state index contributed by atoms with van der Waals surface area (Å²) in [6.07, 6.45) is 9.43. The third kappa shape index (κ3) is 7.06. The number of hydrogen-bond donors (Lipinski definition) is 4. The van der Waals surface area contributed by atoms with E-state index in [2.05, 4.69) is 10.2 Å². The van der Waals surface area contributed by atoms with Crippen LogP contribution in [0.2, 0.25) is 10.0 Å². The lowest BCUT2D eigenvalue weighted by atomic mass is 9.79. The fraction of sp³-hybridized carbons (Fsp3) is 0.594. The first-order valence-corrected chi connectivity index (χ1v) is 16.2. The van der Waals surface area contributed by atoms with Gasteiger partial charge in [-0.05, 0) is 56.6 Å². The summed E-state index contributed by atoms with van der Waals surface area (Å²) in [6.45, 7) is 4.24. The van der Waals surface area contributed by atoms with E-state index in [-0.39, 0.29) is 50.5 Å². The van der Waals surface area contributed by atoms with Crippen LogP contribution in [0.25, 0.3) is 0 Å². The lowest BCUT2D eigenvalue weighted by Crippen LogP contribution is -2.53. The number of rotatable bonds is 6. The van der Waals surface area contributed by atoms with Crippen molar-refractivity contribution in [1.29, 1.82) is 0 Å². The number of carbonyl (C=O) groups is 3. The van der Waals surface area contributed by atoms with Crippen LogP contribution in [0, 0.1) is 11.8 Å². The number of nitrogens with zero attached hydrogens (tertiary/aromatic N) is 2. The zero-order valence-electron chi connectivity index (χ0n) is 24.7. The van der Waals surface area contributed by atoms with Crippen molar-refractivity contribution in [3.05, 3.63) is 56.3 Å². The third-order valence-electron chi connectivity index (χ3n) is 9.86.